The van der Waals surface area contributed by atoms with Crippen molar-refractivity contribution in [3.63, 3.8) is 0 Å². The standard InChI is InChI=1S/C23H32N2O5/c26-22(11-12-23(27)25-13-3-1-2-4-14-25)24-17-5-7-18(8-6-17)30-19-9-10-20-21(15-19)29-16-28-20/h9-10,15,17-18H,1-8,11-14,16H2,(H,24,26). The first-order valence-corrected chi connectivity index (χ1v) is 11.3. The second-order valence-electron chi connectivity index (χ2n) is 8.47. The van der Waals surface area contributed by atoms with Crippen LogP contribution in [0.5, 0.6) is 17.2 Å². The molecule has 4 rings (SSSR count). The SMILES string of the molecule is O=C(CCC(=O)N1CCCCCC1)NC1CCC(Oc2ccc3c(c2)OCO3)CC1. The Hall–Kier alpha value is -2.44. The Kier molecular flexibility index (Phi) is 6.97. The quantitative estimate of drug-likeness (QED) is 0.769. The fraction of sp³-hybridized carbons (Fsp3) is 0.652. The van der Waals surface area contributed by atoms with Gasteiger partial charge in [0.15, 0.2) is 11.5 Å². The molecule has 0 bridgehead atoms. The topological polar surface area (TPSA) is 77.1 Å². The molecule has 2 aliphatic heterocycles. The highest BCUT2D eigenvalue weighted by Crippen LogP contribution is 2.36. The number of rotatable bonds is 6. The second kappa shape index (κ2) is 10.0. The monoisotopic (exact) mass is 416 g/mol. The van der Waals surface area contributed by atoms with Gasteiger partial charge in [0.2, 0.25) is 18.6 Å². The van der Waals surface area contributed by atoms with Crippen molar-refractivity contribution in [1.29, 1.82) is 0 Å². The maximum atomic E-state index is 12.3. The molecule has 0 radical (unpaired) electrons. The van der Waals surface area contributed by atoms with Gasteiger partial charge in [-0.15, -0.1) is 0 Å². The number of carbonyl (C=O) groups is 2. The van der Waals surface area contributed by atoms with Crippen molar-refractivity contribution in [2.45, 2.75) is 76.4 Å². The average molecular weight is 417 g/mol. The van der Waals surface area contributed by atoms with Gasteiger partial charge in [-0.25, -0.2) is 0 Å². The number of nitrogens with one attached hydrogen (secondary N) is 1. The van der Waals surface area contributed by atoms with E-state index in [2.05, 4.69) is 5.32 Å². The summed E-state index contributed by atoms with van der Waals surface area (Å²) in [5.41, 5.74) is 0. The van der Waals surface area contributed by atoms with Crippen LogP contribution in [-0.4, -0.2) is 48.7 Å². The predicted octanol–water partition coefficient (Wildman–Crippen LogP) is 3.40. The molecule has 164 valence electrons. The summed E-state index contributed by atoms with van der Waals surface area (Å²) in [5, 5.41) is 3.11. The largest absolute Gasteiger partial charge is 0.490 e. The Bertz CT molecular complexity index is 737. The van der Waals surface area contributed by atoms with E-state index >= 15 is 0 Å². The van der Waals surface area contributed by atoms with Crippen LogP contribution in [0.15, 0.2) is 18.2 Å². The molecule has 2 amide bonds. The second-order valence-corrected chi connectivity index (χ2v) is 8.47. The van der Waals surface area contributed by atoms with Crippen LogP contribution in [0, 0.1) is 0 Å². The Morgan fingerprint density at radius 3 is 2.47 bits per heavy atom. The molecule has 1 saturated heterocycles. The summed E-state index contributed by atoms with van der Waals surface area (Å²) >= 11 is 0. The van der Waals surface area contributed by atoms with Gasteiger partial charge in [0.1, 0.15) is 5.75 Å². The van der Waals surface area contributed by atoms with Crippen LogP contribution in [0.25, 0.3) is 0 Å². The van der Waals surface area contributed by atoms with E-state index in [0.717, 1.165) is 68.9 Å². The number of ether oxygens (including phenoxy) is 3. The molecule has 2 fully saturated rings. The molecule has 0 aromatic heterocycles. The van der Waals surface area contributed by atoms with Gasteiger partial charge >= 0.3 is 0 Å². The highest BCUT2D eigenvalue weighted by atomic mass is 16.7. The zero-order valence-electron chi connectivity index (χ0n) is 17.6. The molecule has 1 aromatic carbocycles. The van der Waals surface area contributed by atoms with Crippen LogP contribution in [0.3, 0.4) is 0 Å². The number of hydrogen-bond donors (Lipinski definition) is 1. The number of carbonyl (C=O) groups excluding carboxylic acids is 2. The zero-order valence-corrected chi connectivity index (χ0v) is 17.6. The van der Waals surface area contributed by atoms with E-state index in [4.69, 9.17) is 14.2 Å². The van der Waals surface area contributed by atoms with Crippen LogP contribution in [-0.2, 0) is 9.59 Å². The van der Waals surface area contributed by atoms with Crippen LogP contribution in [0.1, 0.15) is 64.2 Å². The van der Waals surface area contributed by atoms with Crippen LogP contribution < -0.4 is 19.5 Å². The van der Waals surface area contributed by atoms with E-state index in [1.807, 2.05) is 23.1 Å². The van der Waals surface area contributed by atoms with Gasteiger partial charge in [0, 0.05) is 38.0 Å². The summed E-state index contributed by atoms with van der Waals surface area (Å²) in [4.78, 5) is 26.6. The third kappa shape index (κ3) is 5.58. The van der Waals surface area contributed by atoms with Crippen molar-refractivity contribution >= 4 is 11.8 Å². The fourth-order valence-electron chi connectivity index (χ4n) is 4.47. The maximum absolute atomic E-state index is 12.3. The van der Waals surface area contributed by atoms with Crippen molar-refractivity contribution in [2.75, 3.05) is 19.9 Å². The minimum Gasteiger partial charge on any atom is -0.490 e. The van der Waals surface area contributed by atoms with Crippen LogP contribution >= 0.6 is 0 Å². The van der Waals surface area contributed by atoms with Gasteiger partial charge in [-0.2, -0.15) is 0 Å². The third-order valence-corrected chi connectivity index (χ3v) is 6.21. The molecule has 3 aliphatic rings. The summed E-state index contributed by atoms with van der Waals surface area (Å²) in [6.45, 7) is 1.94. The fourth-order valence-corrected chi connectivity index (χ4v) is 4.47. The van der Waals surface area contributed by atoms with E-state index in [9.17, 15) is 9.59 Å². The van der Waals surface area contributed by atoms with Gasteiger partial charge in [-0.1, -0.05) is 12.8 Å². The first-order chi connectivity index (χ1) is 14.7. The Labute approximate surface area is 178 Å². The number of nitrogens with zero attached hydrogens (tertiary/aromatic N) is 1. The van der Waals surface area contributed by atoms with Crippen LogP contribution in [0.4, 0.5) is 0 Å². The lowest BCUT2D eigenvalue weighted by Gasteiger charge is -2.29. The molecular formula is C23H32N2O5. The van der Waals surface area contributed by atoms with Crippen molar-refractivity contribution in [3.05, 3.63) is 18.2 Å². The van der Waals surface area contributed by atoms with Gasteiger partial charge in [-0.05, 0) is 50.7 Å². The van der Waals surface area contributed by atoms with Crippen LogP contribution in [0.2, 0.25) is 0 Å². The molecule has 1 saturated carbocycles. The molecule has 0 spiro atoms. The summed E-state index contributed by atoms with van der Waals surface area (Å²) in [5.74, 6) is 2.37. The lowest BCUT2D eigenvalue weighted by molar-refractivity contribution is -0.133. The van der Waals surface area contributed by atoms with Crippen molar-refractivity contribution in [1.82, 2.24) is 10.2 Å². The van der Waals surface area contributed by atoms with E-state index in [0.29, 0.717) is 6.42 Å². The molecule has 7 heteroatoms. The molecule has 7 nitrogen and oxygen atoms in total. The first kappa shape index (κ1) is 20.8. The summed E-state index contributed by atoms with van der Waals surface area (Å²) in [7, 11) is 0. The van der Waals surface area contributed by atoms with Crippen molar-refractivity contribution < 1.29 is 23.8 Å². The van der Waals surface area contributed by atoms with E-state index in [1.165, 1.54) is 12.8 Å². The van der Waals surface area contributed by atoms with Gasteiger partial charge in [0.25, 0.3) is 0 Å². The van der Waals surface area contributed by atoms with Gasteiger partial charge in [-0.3, -0.25) is 9.59 Å². The average Bonchev–Trinajstić information content (AvgIpc) is 3.05. The molecule has 1 aliphatic carbocycles. The number of fused-ring (bicyclic) bond motifs is 1. The molecular weight excluding hydrogens is 384 g/mol. The molecule has 30 heavy (non-hydrogen) atoms. The third-order valence-electron chi connectivity index (χ3n) is 6.21. The number of hydrogen-bond acceptors (Lipinski definition) is 5. The van der Waals surface area contributed by atoms with Gasteiger partial charge < -0.3 is 24.4 Å². The lowest BCUT2D eigenvalue weighted by atomic mass is 9.92. The summed E-state index contributed by atoms with van der Waals surface area (Å²) in [6.07, 6.45) is 8.86. The minimum absolute atomic E-state index is 0.0155. The summed E-state index contributed by atoms with van der Waals surface area (Å²) in [6, 6.07) is 5.82. The Balaban J connectivity index is 1.15. The van der Waals surface area contributed by atoms with Crippen molar-refractivity contribution in [3.8, 4) is 17.2 Å². The summed E-state index contributed by atoms with van der Waals surface area (Å²) < 4.78 is 16.8. The molecule has 2 heterocycles. The number of benzene rings is 1. The number of likely N-dealkylation sites (tertiary alicyclic amines) is 1. The predicted molar refractivity (Wildman–Crippen MR) is 112 cm³/mol. The highest BCUT2D eigenvalue weighted by Gasteiger charge is 2.25. The molecule has 0 atom stereocenters. The van der Waals surface area contributed by atoms with Gasteiger partial charge in [0.05, 0.1) is 6.10 Å². The maximum Gasteiger partial charge on any atom is 0.231 e. The molecule has 1 N–H and O–H groups in total. The normalized spacial score (nSPS) is 23.5. The zero-order chi connectivity index (χ0) is 20.8. The van der Waals surface area contributed by atoms with E-state index in [1.54, 1.807) is 0 Å². The molecule has 0 unspecified atom stereocenters. The van der Waals surface area contributed by atoms with E-state index in [-0.39, 0.29) is 37.2 Å². The Morgan fingerprint density at radius 1 is 0.967 bits per heavy atom. The minimum atomic E-state index is -0.0155. The lowest BCUT2D eigenvalue weighted by Crippen LogP contribution is -2.40. The van der Waals surface area contributed by atoms with E-state index < -0.39 is 0 Å². The first-order valence-electron chi connectivity index (χ1n) is 11.3. The Morgan fingerprint density at radius 2 is 1.70 bits per heavy atom. The highest BCUT2D eigenvalue weighted by molar-refractivity contribution is 5.83. The smallest absolute Gasteiger partial charge is 0.231 e. The number of amides is 2. The molecule has 1 aromatic rings. The van der Waals surface area contributed by atoms with Crippen molar-refractivity contribution in [2.24, 2.45) is 0 Å².